The molecule has 0 aliphatic rings. The second kappa shape index (κ2) is 3.65. The maximum Gasteiger partial charge on any atom is 0.142 e. The smallest absolute Gasteiger partial charge is 0.142 e. The molecule has 11 heavy (non-hydrogen) atoms. The third-order valence-electron chi connectivity index (χ3n) is 1.06. The summed E-state index contributed by atoms with van der Waals surface area (Å²) in [6, 6.07) is 1.94. The van der Waals surface area contributed by atoms with E-state index in [9.17, 15) is 0 Å². The van der Waals surface area contributed by atoms with Crippen LogP contribution in [0.25, 0.3) is 0 Å². The van der Waals surface area contributed by atoms with Crippen molar-refractivity contribution in [2.45, 2.75) is 0 Å². The fourth-order valence-corrected chi connectivity index (χ4v) is 2.42. The first kappa shape index (κ1) is 9.17. The van der Waals surface area contributed by atoms with Crippen LogP contribution in [-0.2, 0) is 0 Å². The summed E-state index contributed by atoms with van der Waals surface area (Å²) in [5, 5.41) is 7.15. The van der Waals surface area contributed by atoms with Crippen LogP contribution in [0.3, 0.4) is 0 Å². The van der Waals surface area contributed by atoms with Crippen molar-refractivity contribution in [2.75, 3.05) is 0 Å². The molecule has 58 valence electrons. The summed E-state index contributed by atoms with van der Waals surface area (Å²) >= 11 is 4.28. The van der Waals surface area contributed by atoms with Gasteiger partial charge in [0, 0.05) is 13.3 Å². The van der Waals surface area contributed by atoms with E-state index in [1.807, 2.05) is 6.07 Å². The highest BCUT2D eigenvalue weighted by atomic mass is 127. The van der Waals surface area contributed by atoms with Gasteiger partial charge < -0.3 is 5.73 Å². The van der Waals surface area contributed by atoms with Crippen LogP contribution in [-0.4, -0.2) is 10.8 Å². The Hall–Kier alpha value is 0.0800. The lowest BCUT2D eigenvalue weighted by atomic mass is 10.3. The molecule has 0 aliphatic heterocycles. The number of pyridine rings is 1. The van der Waals surface area contributed by atoms with Crippen LogP contribution in [0, 0.1) is 12.5 Å². The summed E-state index contributed by atoms with van der Waals surface area (Å²) in [6.07, 6.45) is 1.69. The van der Waals surface area contributed by atoms with Gasteiger partial charge in [0.05, 0.1) is 0 Å². The molecular weight excluding hydrogens is 368 g/mol. The average Bonchev–Trinajstić information content (AvgIpc) is 1.85. The molecule has 0 spiro atoms. The zero-order valence-electron chi connectivity index (χ0n) is 5.44. The maximum atomic E-state index is 7.15. The molecule has 0 bridgehead atoms. The summed E-state index contributed by atoms with van der Waals surface area (Å²) in [4.78, 5) is 4.01. The number of hydrogen-bond acceptors (Lipinski definition) is 2. The van der Waals surface area contributed by atoms with Crippen LogP contribution in [0.15, 0.2) is 12.3 Å². The number of amidine groups is 1. The van der Waals surface area contributed by atoms with E-state index in [2.05, 4.69) is 50.2 Å². The maximum absolute atomic E-state index is 7.15. The van der Waals surface area contributed by atoms with Crippen molar-refractivity contribution < 1.29 is 0 Å². The third-order valence-corrected chi connectivity index (χ3v) is 2.48. The van der Waals surface area contributed by atoms with Crippen LogP contribution in [0.4, 0.5) is 0 Å². The molecule has 0 unspecified atom stereocenters. The first-order chi connectivity index (χ1) is 5.11. The Labute approximate surface area is 91.6 Å². The normalized spacial score (nSPS) is 9.64. The highest BCUT2D eigenvalue weighted by Gasteiger charge is 2.03. The van der Waals surface area contributed by atoms with Gasteiger partial charge in [-0.1, -0.05) is 0 Å². The van der Waals surface area contributed by atoms with Crippen LogP contribution in [0.2, 0.25) is 0 Å². The topological polar surface area (TPSA) is 62.8 Å². The average molecular weight is 373 g/mol. The Morgan fingerprint density at radius 1 is 1.55 bits per heavy atom. The molecule has 0 aromatic carbocycles. The van der Waals surface area contributed by atoms with Gasteiger partial charge in [-0.15, -0.1) is 0 Å². The SMILES string of the molecule is N=C(N)c1ncc(I)cc1I. The molecule has 0 aliphatic carbocycles. The number of nitrogen functional groups attached to an aromatic ring is 1. The lowest BCUT2D eigenvalue weighted by molar-refractivity contribution is 1.22. The molecule has 3 nitrogen and oxygen atoms in total. The van der Waals surface area contributed by atoms with Crippen molar-refractivity contribution in [1.29, 1.82) is 5.41 Å². The van der Waals surface area contributed by atoms with Gasteiger partial charge in [0.25, 0.3) is 0 Å². The third kappa shape index (κ3) is 2.26. The first-order valence-electron chi connectivity index (χ1n) is 2.76. The van der Waals surface area contributed by atoms with Crippen LogP contribution in [0.5, 0.6) is 0 Å². The number of nitrogens with one attached hydrogen (secondary N) is 1. The van der Waals surface area contributed by atoms with E-state index in [-0.39, 0.29) is 5.84 Å². The van der Waals surface area contributed by atoms with E-state index in [4.69, 9.17) is 11.1 Å². The van der Waals surface area contributed by atoms with Crippen LogP contribution >= 0.6 is 45.2 Å². The fourth-order valence-electron chi connectivity index (χ4n) is 0.613. The van der Waals surface area contributed by atoms with E-state index in [0.717, 1.165) is 7.14 Å². The van der Waals surface area contributed by atoms with E-state index < -0.39 is 0 Å². The second-order valence-electron chi connectivity index (χ2n) is 1.90. The summed E-state index contributed by atoms with van der Waals surface area (Å²) in [7, 11) is 0. The van der Waals surface area contributed by atoms with Crippen molar-refractivity contribution in [1.82, 2.24) is 4.98 Å². The lowest BCUT2D eigenvalue weighted by Crippen LogP contribution is -2.14. The Morgan fingerprint density at radius 3 is 2.64 bits per heavy atom. The van der Waals surface area contributed by atoms with Gasteiger partial charge in [0.2, 0.25) is 0 Å². The van der Waals surface area contributed by atoms with Crippen molar-refractivity contribution >= 4 is 51.0 Å². The number of nitrogens with zero attached hydrogens (tertiary/aromatic N) is 1. The van der Waals surface area contributed by atoms with E-state index in [1.165, 1.54) is 0 Å². The molecule has 0 saturated carbocycles. The summed E-state index contributed by atoms with van der Waals surface area (Å²) in [5.74, 6) is 0.0193. The van der Waals surface area contributed by atoms with Gasteiger partial charge >= 0.3 is 0 Å². The van der Waals surface area contributed by atoms with Gasteiger partial charge in [-0.25, -0.2) is 0 Å². The molecule has 0 fully saturated rings. The summed E-state index contributed by atoms with van der Waals surface area (Å²) < 4.78 is 1.97. The number of halogens is 2. The second-order valence-corrected chi connectivity index (χ2v) is 4.31. The molecule has 5 heteroatoms. The van der Waals surface area contributed by atoms with Crippen molar-refractivity contribution in [3.8, 4) is 0 Å². The zero-order valence-corrected chi connectivity index (χ0v) is 9.75. The van der Waals surface area contributed by atoms with Gasteiger partial charge in [-0.3, -0.25) is 10.4 Å². The molecule has 0 amide bonds. The van der Waals surface area contributed by atoms with Gasteiger partial charge in [0.15, 0.2) is 0 Å². The molecule has 1 rings (SSSR count). The number of hydrogen-bond donors (Lipinski definition) is 2. The first-order valence-corrected chi connectivity index (χ1v) is 4.92. The minimum atomic E-state index is 0.0193. The summed E-state index contributed by atoms with van der Waals surface area (Å²) in [6.45, 7) is 0. The largest absolute Gasteiger partial charge is 0.382 e. The molecule has 1 heterocycles. The van der Waals surface area contributed by atoms with E-state index >= 15 is 0 Å². The molecule has 0 atom stereocenters. The van der Waals surface area contributed by atoms with Gasteiger partial charge in [-0.2, -0.15) is 0 Å². The van der Waals surface area contributed by atoms with Crippen LogP contribution < -0.4 is 5.73 Å². The predicted molar refractivity (Wildman–Crippen MR) is 60.7 cm³/mol. The lowest BCUT2D eigenvalue weighted by Gasteiger charge is -1.99. The van der Waals surface area contributed by atoms with Crippen molar-refractivity contribution in [2.24, 2.45) is 5.73 Å². The molecule has 0 radical (unpaired) electrons. The molecule has 1 aromatic heterocycles. The minimum absolute atomic E-state index is 0.0193. The quantitative estimate of drug-likeness (QED) is 0.446. The van der Waals surface area contributed by atoms with E-state index in [1.54, 1.807) is 6.20 Å². The summed E-state index contributed by atoms with van der Waals surface area (Å²) in [5.41, 5.74) is 5.84. The minimum Gasteiger partial charge on any atom is -0.382 e. The van der Waals surface area contributed by atoms with Gasteiger partial charge in [0.1, 0.15) is 11.5 Å². The van der Waals surface area contributed by atoms with Gasteiger partial charge in [-0.05, 0) is 51.2 Å². The molecular formula is C6H5I2N3. The predicted octanol–water partition coefficient (Wildman–Crippen LogP) is 1.57. The fraction of sp³-hybridized carbons (Fsp3) is 0. The Kier molecular flexibility index (Phi) is 3.05. The highest BCUT2D eigenvalue weighted by molar-refractivity contribution is 14.1. The monoisotopic (exact) mass is 373 g/mol. The zero-order chi connectivity index (χ0) is 8.43. The number of rotatable bonds is 1. The Bertz CT molecular complexity index is 298. The standard InChI is InChI=1S/C6H5I2N3/c7-3-1-4(8)5(6(9)10)11-2-3/h1-2H,(H3,9,10). The Balaban J connectivity index is 3.20. The number of nitrogens with two attached hydrogens (primary N) is 1. The van der Waals surface area contributed by atoms with Crippen molar-refractivity contribution in [3.05, 3.63) is 25.1 Å². The molecule has 3 N–H and O–H groups in total. The van der Waals surface area contributed by atoms with Crippen LogP contribution in [0.1, 0.15) is 5.69 Å². The molecule has 0 saturated heterocycles. The van der Waals surface area contributed by atoms with Crippen molar-refractivity contribution in [3.63, 3.8) is 0 Å². The Morgan fingerprint density at radius 2 is 2.18 bits per heavy atom. The number of aromatic nitrogens is 1. The molecule has 1 aromatic rings. The van der Waals surface area contributed by atoms with E-state index in [0.29, 0.717) is 5.69 Å². The highest BCUT2D eigenvalue weighted by Crippen LogP contribution is 2.12.